The smallest absolute Gasteiger partial charge is 0.0637 e. The fraction of sp³-hybridized carbons (Fsp3) is 1.00. The minimum absolute atomic E-state index is 0.160. The molecule has 0 aromatic heterocycles. The van der Waals surface area contributed by atoms with E-state index in [1.807, 2.05) is 0 Å². The second kappa shape index (κ2) is 22.1. The molecule has 0 saturated heterocycles. The van der Waals surface area contributed by atoms with Crippen molar-refractivity contribution in [2.75, 3.05) is 83.7 Å². The first-order valence-corrected chi connectivity index (χ1v) is 22.1. The maximum absolute atomic E-state index is 7.04. The van der Waals surface area contributed by atoms with Crippen molar-refractivity contribution in [1.29, 1.82) is 0 Å². The van der Waals surface area contributed by atoms with E-state index >= 15 is 0 Å². The van der Waals surface area contributed by atoms with Gasteiger partial charge in [0.15, 0.2) is 0 Å². The maximum atomic E-state index is 7.04. The Morgan fingerprint density at radius 3 is 2.10 bits per heavy atom. The summed E-state index contributed by atoms with van der Waals surface area (Å²) < 4.78 is 20.4. The molecular weight excluding hydrogens is 663 g/mol. The van der Waals surface area contributed by atoms with Crippen LogP contribution in [0.25, 0.3) is 0 Å². The molecule has 4 fully saturated rings. The molecule has 0 radical (unpaired) electrons. The van der Waals surface area contributed by atoms with Crippen LogP contribution in [0.2, 0.25) is 0 Å². The Balaban J connectivity index is 1.45. The van der Waals surface area contributed by atoms with Gasteiger partial charge in [-0.15, -0.1) is 0 Å². The Morgan fingerprint density at radius 1 is 0.760 bits per heavy atom. The number of hydrogen-bond donors (Lipinski definition) is 6. The Kier molecular flexibility index (Phi) is 19.0. The van der Waals surface area contributed by atoms with E-state index in [9.17, 15) is 0 Å². The summed E-state index contributed by atoms with van der Waals surface area (Å²) in [5.74, 6) is 5.63. The van der Waals surface area contributed by atoms with Crippen LogP contribution in [0.4, 0.5) is 0 Å². The monoisotopic (exact) mass is 742 g/mol. The quantitative estimate of drug-likeness (QED) is 0.0527. The molecular formula is C40H79N5O3S2. The SMILES string of the molecule is C[C@H](CCCNCCCN(CCS)CCS)[C@H]1CC[C@H]2[C@@H]3[C@H](OCCCN)C[C@@H]4C[C@H](OCCCN)CC[C@]4(C)[C@H]3C[C@H](OCCCN)[C@]12C. The molecule has 10 heteroatoms. The van der Waals surface area contributed by atoms with Gasteiger partial charge < -0.3 is 41.6 Å². The third-order valence-corrected chi connectivity index (χ3v) is 14.6. The van der Waals surface area contributed by atoms with Gasteiger partial charge in [0.1, 0.15) is 0 Å². The summed E-state index contributed by atoms with van der Waals surface area (Å²) in [6, 6.07) is 0. The lowest BCUT2D eigenvalue weighted by molar-refractivity contribution is -0.227. The number of nitrogens with one attached hydrogen (secondary N) is 1. The predicted molar refractivity (Wildman–Crippen MR) is 216 cm³/mol. The van der Waals surface area contributed by atoms with Crippen molar-refractivity contribution in [3.8, 4) is 0 Å². The molecule has 4 aliphatic carbocycles. The van der Waals surface area contributed by atoms with Crippen molar-refractivity contribution in [1.82, 2.24) is 10.2 Å². The molecule has 4 aliphatic rings. The lowest BCUT2D eigenvalue weighted by atomic mass is 9.43. The molecule has 0 bridgehead atoms. The second-order valence-electron chi connectivity index (χ2n) is 17.0. The molecule has 8 nitrogen and oxygen atoms in total. The Labute approximate surface area is 318 Å². The third kappa shape index (κ3) is 10.8. The Morgan fingerprint density at radius 2 is 1.42 bits per heavy atom. The number of hydrogen-bond acceptors (Lipinski definition) is 10. The maximum Gasteiger partial charge on any atom is 0.0637 e. The normalized spacial score (nSPS) is 35.9. The largest absolute Gasteiger partial charge is 0.378 e. The van der Waals surface area contributed by atoms with Crippen LogP contribution in [-0.2, 0) is 14.2 Å². The Hall–Kier alpha value is 0.380. The molecule has 0 aliphatic heterocycles. The highest BCUT2D eigenvalue weighted by molar-refractivity contribution is 7.80. The van der Waals surface area contributed by atoms with Crippen LogP contribution >= 0.6 is 25.3 Å². The standard InChI is InChI=1S/C40H79N5O3S2/c1-30(9-4-17-44-18-8-19-45(20-25-49)21-26-50)33-10-11-34-38-35(29-37(40(33,34)3)48-24-7-16-43)39(2)13-12-32(46-22-5-14-41)27-31(39)28-36(38)47-23-6-15-42/h30-38,44,49-50H,4-29,41-43H2,1-3H3/t30-,31+,32-,33-,34+,35+,36-,37+,38+,39+,40-/m1/s1. The molecule has 0 aromatic carbocycles. The van der Waals surface area contributed by atoms with Crippen molar-refractivity contribution in [2.24, 2.45) is 63.5 Å². The van der Waals surface area contributed by atoms with Gasteiger partial charge in [-0.25, -0.2) is 0 Å². The highest BCUT2D eigenvalue weighted by Crippen LogP contribution is 2.69. The van der Waals surface area contributed by atoms with Gasteiger partial charge in [-0.1, -0.05) is 20.8 Å². The van der Waals surface area contributed by atoms with Crippen LogP contribution in [0.1, 0.15) is 104 Å². The summed E-state index contributed by atoms with van der Waals surface area (Å²) in [7, 11) is 0. The van der Waals surface area contributed by atoms with Crippen LogP contribution in [0, 0.1) is 46.3 Å². The van der Waals surface area contributed by atoms with Crippen LogP contribution in [0.15, 0.2) is 0 Å². The first kappa shape index (κ1) is 43.1. The zero-order valence-corrected chi connectivity index (χ0v) is 34.2. The number of fused-ring (bicyclic) bond motifs is 5. The summed E-state index contributed by atoms with van der Waals surface area (Å²) in [5, 5.41) is 3.75. The minimum Gasteiger partial charge on any atom is -0.378 e. The van der Waals surface area contributed by atoms with Crippen LogP contribution in [0.3, 0.4) is 0 Å². The van der Waals surface area contributed by atoms with Gasteiger partial charge in [-0.05, 0) is 164 Å². The molecule has 4 saturated carbocycles. The van der Waals surface area contributed by atoms with Crippen molar-refractivity contribution in [3.63, 3.8) is 0 Å². The summed E-state index contributed by atoms with van der Waals surface area (Å²) in [5.41, 5.74) is 18.2. The number of nitrogens with two attached hydrogens (primary N) is 3. The van der Waals surface area contributed by atoms with E-state index in [0.717, 1.165) is 109 Å². The molecule has 11 atom stereocenters. The molecule has 0 amide bonds. The molecule has 7 N–H and O–H groups in total. The zero-order valence-electron chi connectivity index (χ0n) is 32.4. The van der Waals surface area contributed by atoms with E-state index in [0.29, 0.717) is 72.8 Å². The van der Waals surface area contributed by atoms with Crippen molar-refractivity contribution in [3.05, 3.63) is 0 Å². The van der Waals surface area contributed by atoms with Crippen molar-refractivity contribution in [2.45, 2.75) is 123 Å². The number of nitrogens with zero attached hydrogens (tertiary/aromatic N) is 1. The predicted octanol–water partition coefficient (Wildman–Crippen LogP) is 5.62. The minimum atomic E-state index is 0.160. The van der Waals surface area contributed by atoms with Gasteiger partial charge in [0.05, 0.1) is 18.3 Å². The second-order valence-corrected chi connectivity index (χ2v) is 17.9. The molecule has 0 heterocycles. The van der Waals surface area contributed by atoms with Gasteiger partial charge in [0.2, 0.25) is 0 Å². The number of thiol groups is 2. The van der Waals surface area contributed by atoms with Crippen molar-refractivity contribution >= 4 is 25.3 Å². The molecule has 0 spiro atoms. The van der Waals surface area contributed by atoms with E-state index in [1.165, 1.54) is 38.5 Å². The average molecular weight is 742 g/mol. The number of ether oxygens (including phenoxy) is 3. The number of rotatable bonds is 25. The fourth-order valence-corrected chi connectivity index (χ4v) is 12.1. The van der Waals surface area contributed by atoms with Gasteiger partial charge in [-0.2, -0.15) is 25.3 Å². The highest BCUT2D eigenvalue weighted by atomic mass is 32.1. The van der Waals surface area contributed by atoms with E-state index < -0.39 is 0 Å². The lowest BCUT2D eigenvalue weighted by Gasteiger charge is -2.65. The summed E-state index contributed by atoms with van der Waals surface area (Å²) in [6.45, 7) is 17.7. The van der Waals surface area contributed by atoms with Gasteiger partial charge in [0, 0.05) is 49.8 Å². The molecule has 294 valence electrons. The fourth-order valence-electron chi connectivity index (χ4n) is 11.5. The zero-order chi connectivity index (χ0) is 36.0. The summed E-state index contributed by atoms with van der Waals surface area (Å²) in [4.78, 5) is 2.48. The van der Waals surface area contributed by atoms with E-state index in [4.69, 9.17) is 31.4 Å². The molecule has 0 unspecified atom stereocenters. The molecule has 0 aromatic rings. The van der Waals surface area contributed by atoms with Gasteiger partial charge in [0.25, 0.3) is 0 Å². The van der Waals surface area contributed by atoms with Crippen LogP contribution < -0.4 is 22.5 Å². The van der Waals surface area contributed by atoms with Gasteiger partial charge >= 0.3 is 0 Å². The first-order chi connectivity index (χ1) is 24.3. The van der Waals surface area contributed by atoms with Crippen LogP contribution in [-0.4, -0.2) is 107 Å². The summed E-state index contributed by atoms with van der Waals surface area (Å²) >= 11 is 8.86. The molecule has 50 heavy (non-hydrogen) atoms. The Bertz CT molecular complexity index is 933. The van der Waals surface area contributed by atoms with Crippen molar-refractivity contribution < 1.29 is 14.2 Å². The van der Waals surface area contributed by atoms with E-state index in [1.54, 1.807) is 0 Å². The lowest BCUT2D eigenvalue weighted by Crippen LogP contribution is -2.63. The summed E-state index contributed by atoms with van der Waals surface area (Å²) in [6.07, 6.45) is 15.9. The van der Waals surface area contributed by atoms with Crippen LogP contribution in [0.5, 0.6) is 0 Å². The van der Waals surface area contributed by atoms with E-state index in [2.05, 4.69) is 56.2 Å². The topological polar surface area (TPSA) is 121 Å². The van der Waals surface area contributed by atoms with E-state index in [-0.39, 0.29) is 11.5 Å². The highest BCUT2D eigenvalue weighted by Gasteiger charge is 2.66. The first-order valence-electron chi connectivity index (χ1n) is 20.9. The molecule has 4 rings (SSSR count). The average Bonchev–Trinajstić information content (AvgIpc) is 3.46. The third-order valence-electron chi connectivity index (χ3n) is 14.2. The van der Waals surface area contributed by atoms with Gasteiger partial charge in [-0.3, -0.25) is 0 Å².